The highest BCUT2D eigenvalue weighted by molar-refractivity contribution is 5.76. The fourth-order valence-electron chi connectivity index (χ4n) is 11.0. The summed E-state index contributed by atoms with van der Waals surface area (Å²) in [6.45, 7) is 4.91. The quantitative estimate of drug-likeness (QED) is 0.0320. The smallest absolute Gasteiger partial charge is 0.305 e. The first-order valence-corrected chi connectivity index (χ1v) is 35.3. The number of rotatable bonds is 66. The van der Waals surface area contributed by atoms with Gasteiger partial charge in [-0.05, 0) is 83.5 Å². The molecule has 6 nitrogen and oxygen atoms in total. The Kier molecular flexibility index (Phi) is 65.9. The largest absolute Gasteiger partial charge is 0.466 e. The van der Waals surface area contributed by atoms with E-state index < -0.39 is 12.1 Å². The van der Waals surface area contributed by atoms with Gasteiger partial charge >= 0.3 is 5.97 Å². The Labute approximate surface area is 487 Å². The number of allylic oxidation sites excluding steroid dienone is 5. The molecule has 0 aromatic rings. The lowest BCUT2D eigenvalue weighted by Crippen LogP contribution is -2.45. The maximum absolute atomic E-state index is 12.5. The fourth-order valence-corrected chi connectivity index (χ4v) is 11.0. The van der Waals surface area contributed by atoms with Crippen LogP contribution < -0.4 is 5.32 Å². The molecule has 0 aromatic carbocycles. The standard InChI is InChI=1S/C72H137NO5/c1-3-5-7-9-11-13-15-17-37-41-44-48-52-56-60-64-70(75)69(68-74)73-71(76)65-61-57-53-49-45-42-38-35-33-31-29-27-25-23-21-19-18-20-22-24-26-28-30-32-34-36-39-43-47-51-55-59-63-67-78-72(77)66-62-58-54-50-46-40-16-14-12-10-8-6-4-2/h14,16,22,24,60,64,69-70,74-75H,3-13,15,17-21,23,25-59,61-63,65-68H2,1-2H3,(H,73,76)/b16-14-,24-22-,64-60+. The van der Waals surface area contributed by atoms with E-state index in [1.54, 1.807) is 6.08 Å². The van der Waals surface area contributed by atoms with Crippen molar-refractivity contribution >= 4 is 11.9 Å². The van der Waals surface area contributed by atoms with E-state index in [0.717, 1.165) is 44.9 Å². The van der Waals surface area contributed by atoms with Gasteiger partial charge in [-0.3, -0.25) is 9.59 Å². The Balaban J connectivity index is 3.36. The molecule has 0 aliphatic rings. The number of carbonyl (C=O) groups is 2. The zero-order valence-electron chi connectivity index (χ0n) is 52.7. The molecule has 0 saturated carbocycles. The molecule has 0 saturated heterocycles. The molecule has 0 aromatic heterocycles. The van der Waals surface area contributed by atoms with Crippen molar-refractivity contribution in [2.45, 2.75) is 398 Å². The molecule has 3 N–H and O–H groups in total. The van der Waals surface area contributed by atoms with Crippen LogP contribution in [0.2, 0.25) is 0 Å². The molecule has 0 aliphatic heterocycles. The Morgan fingerprint density at radius 1 is 0.346 bits per heavy atom. The molecular formula is C72H137NO5. The molecule has 0 radical (unpaired) electrons. The predicted molar refractivity (Wildman–Crippen MR) is 343 cm³/mol. The van der Waals surface area contributed by atoms with Crippen LogP contribution in [0.5, 0.6) is 0 Å². The third-order valence-electron chi connectivity index (χ3n) is 16.4. The van der Waals surface area contributed by atoms with Gasteiger partial charge in [0.1, 0.15) is 0 Å². The monoisotopic (exact) mass is 1100 g/mol. The van der Waals surface area contributed by atoms with Crippen LogP contribution >= 0.6 is 0 Å². The van der Waals surface area contributed by atoms with E-state index in [-0.39, 0.29) is 18.5 Å². The van der Waals surface area contributed by atoms with Crippen LogP contribution in [0.3, 0.4) is 0 Å². The van der Waals surface area contributed by atoms with Crippen LogP contribution in [0.4, 0.5) is 0 Å². The van der Waals surface area contributed by atoms with Gasteiger partial charge in [0.05, 0.1) is 25.4 Å². The van der Waals surface area contributed by atoms with Gasteiger partial charge in [0, 0.05) is 12.8 Å². The van der Waals surface area contributed by atoms with Crippen molar-refractivity contribution in [1.29, 1.82) is 0 Å². The van der Waals surface area contributed by atoms with Crippen LogP contribution in [0.1, 0.15) is 386 Å². The molecule has 0 rings (SSSR count). The average molecular weight is 1100 g/mol. The minimum absolute atomic E-state index is 0.00937. The molecule has 2 atom stereocenters. The molecular weight excluding hydrogens is 959 g/mol. The van der Waals surface area contributed by atoms with Gasteiger partial charge in [0.2, 0.25) is 5.91 Å². The number of aliphatic hydroxyl groups excluding tert-OH is 2. The molecule has 0 aliphatic carbocycles. The summed E-state index contributed by atoms with van der Waals surface area (Å²) in [4.78, 5) is 24.5. The van der Waals surface area contributed by atoms with E-state index in [1.807, 2.05) is 6.08 Å². The zero-order valence-corrected chi connectivity index (χ0v) is 52.7. The number of nitrogens with one attached hydrogen (secondary N) is 1. The molecule has 460 valence electrons. The van der Waals surface area contributed by atoms with Crippen molar-refractivity contribution in [2.24, 2.45) is 0 Å². The summed E-state index contributed by atoms with van der Waals surface area (Å²) in [5.41, 5.74) is 0. The number of unbranched alkanes of at least 4 members (excludes halogenated alkanes) is 51. The lowest BCUT2D eigenvalue weighted by molar-refractivity contribution is -0.143. The molecule has 0 spiro atoms. The summed E-state index contributed by atoms with van der Waals surface area (Å²) < 4.78 is 5.48. The van der Waals surface area contributed by atoms with Crippen LogP contribution in [-0.4, -0.2) is 47.4 Å². The Bertz CT molecular complexity index is 1260. The highest BCUT2D eigenvalue weighted by atomic mass is 16.5. The molecule has 1 amide bonds. The van der Waals surface area contributed by atoms with Crippen LogP contribution in [0.15, 0.2) is 36.5 Å². The summed E-state index contributed by atoms with van der Waals surface area (Å²) in [5, 5.41) is 23.2. The second kappa shape index (κ2) is 67.6. The highest BCUT2D eigenvalue weighted by Gasteiger charge is 2.18. The third kappa shape index (κ3) is 63.3. The minimum Gasteiger partial charge on any atom is -0.466 e. The van der Waals surface area contributed by atoms with Gasteiger partial charge in [0.15, 0.2) is 0 Å². The topological polar surface area (TPSA) is 95.9 Å². The summed E-state index contributed by atoms with van der Waals surface area (Å²) in [6, 6.07) is -0.625. The molecule has 0 bridgehead atoms. The highest BCUT2D eigenvalue weighted by Crippen LogP contribution is 2.18. The third-order valence-corrected chi connectivity index (χ3v) is 16.4. The van der Waals surface area contributed by atoms with Gasteiger partial charge in [-0.25, -0.2) is 0 Å². The summed E-state index contributed by atoms with van der Waals surface area (Å²) in [7, 11) is 0. The second-order valence-electron chi connectivity index (χ2n) is 24.2. The van der Waals surface area contributed by atoms with Crippen molar-refractivity contribution in [2.75, 3.05) is 13.2 Å². The van der Waals surface area contributed by atoms with Gasteiger partial charge in [-0.2, -0.15) is 0 Å². The number of esters is 1. The number of ether oxygens (including phenoxy) is 1. The maximum atomic E-state index is 12.5. The molecule has 78 heavy (non-hydrogen) atoms. The van der Waals surface area contributed by atoms with E-state index in [9.17, 15) is 19.8 Å². The SMILES string of the molecule is CCCCCC/C=C\CCCCCCCC(=O)OCCCCCCCCCCCCCC/C=C\CCCCCCCCCCCCCCCCCCCC(=O)NC(CO)C(O)/C=C/CCCCCCCCCCCCCCC. The zero-order chi connectivity index (χ0) is 56.4. The van der Waals surface area contributed by atoms with Crippen molar-refractivity contribution in [3.8, 4) is 0 Å². The lowest BCUT2D eigenvalue weighted by Gasteiger charge is -2.20. The van der Waals surface area contributed by atoms with Crippen molar-refractivity contribution in [3.63, 3.8) is 0 Å². The number of amides is 1. The first kappa shape index (κ1) is 76.1. The second-order valence-corrected chi connectivity index (χ2v) is 24.2. The van der Waals surface area contributed by atoms with E-state index in [1.165, 1.54) is 315 Å². The Hall–Kier alpha value is -1.92. The van der Waals surface area contributed by atoms with Crippen molar-refractivity contribution < 1.29 is 24.5 Å². The van der Waals surface area contributed by atoms with Gasteiger partial charge < -0.3 is 20.3 Å². The van der Waals surface area contributed by atoms with Crippen molar-refractivity contribution in [1.82, 2.24) is 5.32 Å². The number of aliphatic hydroxyl groups is 2. The Morgan fingerprint density at radius 3 is 0.923 bits per heavy atom. The van der Waals surface area contributed by atoms with E-state index in [4.69, 9.17) is 4.74 Å². The summed E-state index contributed by atoms with van der Waals surface area (Å²) in [5.74, 6) is -0.0534. The normalized spacial score (nSPS) is 12.7. The Morgan fingerprint density at radius 2 is 0.603 bits per heavy atom. The number of hydrogen-bond donors (Lipinski definition) is 3. The molecule has 2 unspecified atom stereocenters. The molecule has 0 heterocycles. The van der Waals surface area contributed by atoms with Crippen LogP contribution in [0, 0.1) is 0 Å². The van der Waals surface area contributed by atoms with Crippen LogP contribution in [-0.2, 0) is 14.3 Å². The van der Waals surface area contributed by atoms with E-state index in [0.29, 0.717) is 19.4 Å². The molecule has 0 fully saturated rings. The van der Waals surface area contributed by atoms with Crippen LogP contribution in [0.25, 0.3) is 0 Å². The number of hydrogen-bond acceptors (Lipinski definition) is 5. The van der Waals surface area contributed by atoms with Crippen molar-refractivity contribution in [3.05, 3.63) is 36.5 Å². The first-order chi connectivity index (χ1) is 38.5. The van der Waals surface area contributed by atoms with Gasteiger partial charge in [-0.15, -0.1) is 0 Å². The predicted octanol–water partition coefficient (Wildman–Crippen LogP) is 22.7. The fraction of sp³-hybridized carbons (Fsp3) is 0.889. The maximum Gasteiger partial charge on any atom is 0.305 e. The van der Waals surface area contributed by atoms with Gasteiger partial charge in [-0.1, -0.05) is 326 Å². The van der Waals surface area contributed by atoms with Gasteiger partial charge in [0.25, 0.3) is 0 Å². The lowest BCUT2D eigenvalue weighted by atomic mass is 10.0. The molecule has 6 heteroatoms. The van der Waals surface area contributed by atoms with E-state index in [2.05, 4.69) is 43.5 Å². The first-order valence-electron chi connectivity index (χ1n) is 35.3. The van der Waals surface area contributed by atoms with E-state index >= 15 is 0 Å². The summed E-state index contributed by atoms with van der Waals surface area (Å²) in [6.07, 6.45) is 86.6. The number of carbonyl (C=O) groups excluding carboxylic acids is 2. The average Bonchev–Trinajstić information content (AvgIpc) is 3.44. The minimum atomic E-state index is -0.842. The summed E-state index contributed by atoms with van der Waals surface area (Å²) >= 11 is 0.